The van der Waals surface area contributed by atoms with Gasteiger partial charge in [0.1, 0.15) is 12.3 Å². The summed E-state index contributed by atoms with van der Waals surface area (Å²) in [5.74, 6) is 0.296. The molecule has 4 atom stereocenters. The van der Waals surface area contributed by atoms with Gasteiger partial charge in [0.25, 0.3) is 0 Å². The topological polar surface area (TPSA) is 65.7 Å². The number of epoxide rings is 1. The van der Waals surface area contributed by atoms with Gasteiger partial charge in [-0.25, -0.2) is 0 Å². The van der Waals surface area contributed by atoms with Gasteiger partial charge in [-0.15, -0.1) is 0 Å². The number of hydrogen-bond donors (Lipinski definition) is 3. The monoisotopic (exact) mass is 241 g/mol. The van der Waals surface area contributed by atoms with E-state index in [0.717, 1.165) is 6.54 Å². The van der Waals surface area contributed by atoms with Crippen molar-refractivity contribution in [2.45, 2.75) is 51.1 Å². The predicted molar refractivity (Wildman–Crippen MR) is 65.5 cm³/mol. The van der Waals surface area contributed by atoms with Crippen LogP contribution < -0.4 is 16.0 Å². The molecule has 0 aliphatic carbocycles. The van der Waals surface area contributed by atoms with Crippen molar-refractivity contribution in [2.75, 3.05) is 13.6 Å². The molecule has 0 aromatic rings. The highest BCUT2D eigenvalue weighted by Crippen LogP contribution is 2.28. The molecule has 0 spiro atoms. The zero-order chi connectivity index (χ0) is 12.4. The molecule has 17 heavy (non-hydrogen) atoms. The average Bonchev–Trinajstić information content (AvgIpc) is 2.86. The maximum Gasteiger partial charge on any atom is 0.237 e. The molecule has 2 aliphatic heterocycles. The Bertz CT molecular complexity index is 277. The summed E-state index contributed by atoms with van der Waals surface area (Å²) in [6.45, 7) is 5.16. The minimum absolute atomic E-state index is 0.0358. The van der Waals surface area contributed by atoms with Gasteiger partial charge in [-0.05, 0) is 25.3 Å². The first-order valence-corrected chi connectivity index (χ1v) is 6.50. The van der Waals surface area contributed by atoms with Crippen LogP contribution >= 0.6 is 0 Å². The largest absolute Gasteiger partial charge is 0.358 e. The van der Waals surface area contributed by atoms with Crippen LogP contribution in [0.25, 0.3) is 0 Å². The molecule has 98 valence electrons. The van der Waals surface area contributed by atoms with Crippen LogP contribution in [0.2, 0.25) is 0 Å². The van der Waals surface area contributed by atoms with E-state index in [2.05, 4.69) is 16.0 Å². The lowest BCUT2D eigenvalue weighted by Gasteiger charge is -2.20. The fourth-order valence-electron chi connectivity index (χ4n) is 2.46. The van der Waals surface area contributed by atoms with E-state index in [9.17, 15) is 4.79 Å². The standard InChI is InChI=1S/C12H23N3O2/c1-7(2)9(11(16)13-3)15-12-10(17-12)8-5-4-6-14-8/h7-10,12,14-15H,4-6H2,1-3H3,(H,13,16)/t8-,9-,10?,12?/m0/s1. The third kappa shape index (κ3) is 2.97. The van der Waals surface area contributed by atoms with Crippen LogP contribution in [-0.2, 0) is 9.53 Å². The molecule has 2 rings (SSSR count). The van der Waals surface area contributed by atoms with Gasteiger partial charge < -0.3 is 15.4 Å². The Balaban J connectivity index is 1.82. The van der Waals surface area contributed by atoms with Gasteiger partial charge in [-0.3, -0.25) is 10.1 Å². The number of amides is 1. The summed E-state index contributed by atoms with van der Waals surface area (Å²) >= 11 is 0. The Morgan fingerprint density at radius 2 is 2.24 bits per heavy atom. The second-order valence-electron chi connectivity index (χ2n) is 5.23. The number of hydrogen-bond acceptors (Lipinski definition) is 4. The van der Waals surface area contributed by atoms with E-state index in [1.54, 1.807) is 7.05 Å². The van der Waals surface area contributed by atoms with Crippen LogP contribution in [0.3, 0.4) is 0 Å². The molecule has 2 fully saturated rings. The van der Waals surface area contributed by atoms with Crippen molar-refractivity contribution in [3.8, 4) is 0 Å². The summed E-state index contributed by atoms with van der Waals surface area (Å²) < 4.78 is 5.62. The molecule has 0 aromatic heterocycles. The number of nitrogens with one attached hydrogen (secondary N) is 3. The number of carbonyl (C=O) groups is 1. The lowest BCUT2D eigenvalue weighted by molar-refractivity contribution is -0.123. The summed E-state index contributed by atoms with van der Waals surface area (Å²) in [6, 6.07) is 0.293. The Morgan fingerprint density at radius 3 is 2.76 bits per heavy atom. The van der Waals surface area contributed by atoms with E-state index < -0.39 is 0 Å². The summed E-state index contributed by atoms with van der Waals surface area (Å²) in [5.41, 5.74) is 0. The van der Waals surface area contributed by atoms with E-state index in [1.807, 2.05) is 13.8 Å². The molecule has 0 saturated carbocycles. The zero-order valence-corrected chi connectivity index (χ0v) is 10.8. The molecule has 0 aromatic carbocycles. The van der Waals surface area contributed by atoms with Crippen molar-refractivity contribution in [1.29, 1.82) is 0 Å². The Labute approximate surface area is 103 Å². The molecule has 2 aliphatic rings. The van der Waals surface area contributed by atoms with E-state index in [4.69, 9.17) is 4.74 Å². The molecule has 0 bridgehead atoms. The lowest BCUT2D eigenvalue weighted by Crippen LogP contribution is -2.48. The minimum Gasteiger partial charge on any atom is -0.358 e. The van der Waals surface area contributed by atoms with Gasteiger partial charge in [0.15, 0.2) is 0 Å². The van der Waals surface area contributed by atoms with Crippen molar-refractivity contribution < 1.29 is 9.53 Å². The maximum absolute atomic E-state index is 11.7. The van der Waals surface area contributed by atoms with Crippen molar-refractivity contribution in [2.24, 2.45) is 5.92 Å². The molecule has 2 heterocycles. The van der Waals surface area contributed by atoms with Gasteiger partial charge in [0, 0.05) is 13.1 Å². The van der Waals surface area contributed by atoms with Crippen molar-refractivity contribution in [3.63, 3.8) is 0 Å². The predicted octanol–water partition coefficient (Wildman–Crippen LogP) is -0.176. The molecule has 2 saturated heterocycles. The highest BCUT2D eigenvalue weighted by atomic mass is 16.6. The first kappa shape index (κ1) is 12.8. The van der Waals surface area contributed by atoms with Crippen LogP contribution in [0, 0.1) is 5.92 Å². The smallest absolute Gasteiger partial charge is 0.237 e. The highest BCUT2D eigenvalue weighted by molar-refractivity contribution is 5.81. The van der Waals surface area contributed by atoms with Crippen molar-refractivity contribution in [3.05, 3.63) is 0 Å². The summed E-state index contributed by atoms with van der Waals surface area (Å²) in [6.07, 6.45) is 2.67. The summed E-state index contributed by atoms with van der Waals surface area (Å²) in [4.78, 5) is 11.7. The van der Waals surface area contributed by atoms with Gasteiger partial charge in [0.05, 0.1) is 6.04 Å². The first-order chi connectivity index (χ1) is 8.13. The normalized spacial score (nSPS) is 33.8. The Hall–Kier alpha value is -0.650. The van der Waals surface area contributed by atoms with Crippen molar-refractivity contribution in [1.82, 2.24) is 16.0 Å². The fraction of sp³-hybridized carbons (Fsp3) is 0.917. The maximum atomic E-state index is 11.7. The van der Waals surface area contributed by atoms with E-state index in [0.29, 0.717) is 6.04 Å². The van der Waals surface area contributed by atoms with Crippen LogP contribution in [-0.4, -0.2) is 43.9 Å². The van der Waals surface area contributed by atoms with Crippen LogP contribution in [0.5, 0.6) is 0 Å². The zero-order valence-electron chi connectivity index (χ0n) is 10.8. The fourth-order valence-corrected chi connectivity index (χ4v) is 2.46. The van der Waals surface area contributed by atoms with Crippen molar-refractivity contribution >= 4 is 5.91 Å². The number of ether oxygens (including phenoxy) is 1. The van der Waals surface area contributed by atoms with E-state index in [-0.39, 0.29) is 30.2 Å². The average molecular weight is 241 g/mol. The second-order valence-corrected chi connectivity index (χ2v) is 5.23. The SMILES string of the molecule is CNC(=O)[C@@H](NC1OC1[C@@H]1CCCN1)C(C)C. The van der Waals surface area contributed by atoms with Gasteiger partial charge in [0.2, 0.25) is 5.91 Å². The molecule has 5 heteroatoms. The molecular formula is C12H23N3O2. The van der Waals surface area contributed by atoms with Crippen LogP contribution in [0.15, 0.2) is 0 Å². The highest BCUT2D eigenvalue weighted by Gasteiger charge is 2.47. The molecular weight excluding hydrogens is 218 g/mol. The van der Waals surface area contributed by atoms with Gasteiger partial charge in [-0.1, -0.05) is 13.8 Å². The molecule has 2 unspecified atom stereocenters. The Morgan fingerprint density at radius 1 is 1.47 bits per heavy atom. The number of rotatable bonds is 5. The quantitative estimate of drug-likeness (QED) is 0.584. The second kappa shape index (κ2) is 5.33. The third-order valence-corrected chi connectivity index (χ3v) is 3.56. The van der Waals surface area contributed by atoms with E-state index >= 15 is 0 Å². The third-order valence-electron chi connectivity index (χ3n) is 3.56. The van der Waals surface area contributed by atoms with Crippen LogP contribution in [0.4, 0.5) is 0 Å². The molecule has 1 amide bonds. The summed E-state index contributed by atoms with van der Waals surface area (Å²) in [5, 5.41) is 9.41. The molecule has 0 radical (unpaired) electrons. The molecule has 3 N–H and O–H groups in total. The number of likely N-dealkylation sites (N-methyl/N-ethyl adjacent to an activating group) is 1. The lowest BCUT2D eigenvalue weighted by atomic mass is 10.0. The van der Waals surface area contributed by atoms with Crippen LogP contribution in [0.1, 0.15) is 26.7 Å². The summed E-state index contributed by atoms with van der Waals surface area (Å²) in [7, 11) is 1.67. The van der Waals surface area contributed by atoms with Gasteiger partial charge >= 0.3 is 0 Å². The van der Waals surface area contributed by atoms with Gasteiger partial charge in [-0.2, -0.15) is 0 Å². The minimum atomic E-state index is -0.170. The Kier molecular flexibility index (Phi) is 4.01. The van der Waals surface area contributed by atoms with E-state index in [1.165, 1.54) is 12.8 Å². The molecule has 5 nitrogen and oxygen atoms in total. The number of carbonyl (C=O) groups excluding carboxylic acids is 1. The first-order valence-electron chi connectivity index (χ1n) is 6.50.